The Morgan fingerprint density at radius 3 is 1.35 bits per heavy atom. The zero-order valence-electron chi connectivity index (χ0n) is 23.5. The number of hydrogen-bond donors (Lipinski definition) is 2. The van der Waals surface area contributed by atoms with Gasteiger partial charge in [0, 0.05) is 43.0 Å². The van der Waals surface area contributed by atoms with Gasteiger partial charge in [0.05, 0.1) is 23.6 Å². The van der Waals surface area contributed by atoms with Crippen molar-refractivity contribution in [2.75, 3.05) is 0 Å². The molecule has 0 spiro atoms. The van der Waals surface area contributed by atoms with Crippen LogP contribution in [0, 0.1) is 0 Å². The Labute approximate surface area is 290 Å². The van der Waals surface area contributed by atoms with Crippen molar-refractivity contribution in [1.82, 2.24) is 10.9 Å². The summed E-state index contributed by atoms with van der Waals surface area (Å²) >= 11 is 18.5. The maximum absolute atomic E-state index is 12.5. The number of benzene rings is 4. The lowest BCUT2D eigenvalue weighted by Crippen LogP contribution is -2.23. The Morgan fingerprint density at radius 1 is 0.609 bits per heavy atom. The molecule has 0 atom stereocenters. The molecule has 46 heavy (non-hydrogen) atoms. The Hall–Kier alpha value is -4.36. The van der Waals surface area contributed by atoms with Crippen molar-refractivity contribution in [2.24, 2.45) is 10.2 Å². The van der Waals surface area contributed by atoms with E-state index in [1.54, 1.807) is 60.7 Å². The highest BCUT2D eigenvalue weighted by Gasteiger charge is 2.14. The maximum Gasteiger partial charge on any atom is 0.343 e. The molecule has 0 unspecified atom stereocenters. The molecule has 2 amide bonds. The van der Waals surface area contributed by atoms with Crippen LogP contribution in [0.3, 0.4) is 0 Å². The molecule has 0 saturated carbocycles. The quantitative estimate of drug-likeness (QED) is 0.0707. The minimum Gasteiger partial charge on any atom is -0.422 e. The van der Waals surface area contributed by atoms with Crippen LogP contribution in [0.5, 0.6) is 11.5 Å². The molecule has 4 aromatic rings. The van der Waals surface area contributed by atoms with Gasteiger partial charge in [0.25, 0.3) is 0 Å². The number of rotatable bonds is 11. The zero-order valence-corrected chi connectivity index (χ0v) is 28.2. The third kappa shape index (κ3) is 10.6. The molecule has 0 heterocycles. The van der Waals surface area contributed by atoms with Crippen molar-refractivity contribution >= 4 is 91.2 Å². The van der Waals surface area contributed by atoms with Crippen LogP contribution in [0.15, 0.2) is 104 Å². The fourth-order valence-electron chi connectivity index (χ4n) is 3.60. The fraction of sp³-hybridized carbons (Fsp3) is 0.0625. The molecule has 10 nitrogen and oxygen atoms in total. The molecule has 0 aliphatic carbocycles. The molecule has 0 aliphatic rings. The minimum atomic E-state index is -0.596. The molecule has 234 valence electrons. The first kappa shape index (κ1) is 34.5. The number of esters is 2. The van der Waals surface area contributed by atoms with Crippen LogP contribution in [-0.2, 0) is 9.59 Å². The highest BCUT2D eigenvalue weighted by Crippen LogP contribution is 2.24. The smallest absolute Gasteiger partial charge is 0.343 e. The van der Waals surface area contributed by atoms with Gasteiger partial charge in [0.1, 0.15) is 11.5 Å². The summed E-state index contributed by atoms with van der Waals surface area (Å²) in [6.07, 6.45) is 2.26. The van der Waals surface area contributed by atoms with Crippen molar-refractivity contribution in [3.8, 4) is 11.5 Å². The van der Waals surface area contributed by atoms with E-state index < -0.39 is 23.8 Å². The molecule has 0 radical (unpaired) electrons. The molecule has 14 heteroatoms. The summed E-state index contributed by atoms with van der Waals surface area (Å²) in [5, 5.41) is 8.80. The zero-order chi connectivity index (χ0) is 33.1. The summed E-state index contributed by atoms with van der Waals surface area (Å²) in [7, 11) is 0. The summed E-state index contributed by atoms with van der Waals surface area (Å²) in [6.45, 7) is 0. The number of hydrazone groups is 2. The SMILES string of the molecule is O=C(CCC(=O)N/N=C/c1cc(Br)ccc1OC(=O)c1ccc(Cl)cc1)NN=Cc1cc(Br)ccc1OC(=O)c1ccc(Cl)cc1. The van der Waals surface area contributed by atoms with E-state index in [2.05, 4.69) is 52.9 Å². The van der Waals surface area contributed by atoms with Crippen LogP contribution in [0.25, 0.3) is 0 Å². The predicted molar refractivity (Wildman–Crippen MR) is 182 cm³/mol. The van der Waals surface area contributed by atoms with Gasteiger partial charge < -0.3 is 9.47 Å². The lowest BCUT2D eigenvalue weighted by Gasteiger charge is -2.08. The highest BCUT2D eigenvalue weighted by atomic mass is 79.9. The van der Waals surface area contributed by atoms with Crippen molar-refractivity contribution in [3.63, 3.8) is 0 Å². The Balaban J connectivity index is 1.27. The van der Waals surface area contributed by atoms with Gasteiger partial charge in [-0.25, -0.2) is 20.4 Å². The second kappa shape index (κ2) is 16.8. The van der Waals surface area contributed by atoms with E-state index in [1.807, 2.05) is 0 Å². The lowest BCUT2D eigenvalue weighted by atomic mass is 10.2. The van der Waals surface area contributed by atoms with Crippen molar-refractivity contribution < 1.29 is 28.7 Å². The van der Waals surface area contributed by atoms with Crippen LogP contribution in [-0.4, -0.2) is 36.2 Å². The monoisotopic (exact) mass is 786 g/mol. The highest BCUT2D eigenvalue weighted by molar-refractivity contribution is 9.10. The summed E-state index contributed by atoms with van der Waals surface area (Å²) in [5.74, 6) is -1.83. The van der Waals surface area contributed by atoms with E-state index in [1.165, 1.54) is 36.7 Å². The number of hydrogen-bond acceptors (Lipinski definition) is 8. The van der Waals surface area contributed by atoms with E-state index in [0.717, 1.165) is 0 Å². The number of carbonyl (C=O) groups excluding carboxylic acids is 4. The van der Waals surface area contributed by atoms with Crippen molar-refractivity contribution in [1.29, 1.82) is 0 Å². The fourth-order valence-corrected chi connectivity index (χ4v) is 4.61. The van der Waals surface area contributed by atoms with Gasteiger partial charge >= 0.3 is 11.9 Å². The average Bonchev–Trinajstić information content (AvgIpc) is 3.03. The van der Waals surface area contributed by atoms with Crippen LogP contribution >= 0.6 is 55.1 Å². The molecule has 0 saturated heterocycles. The average molecular weight is 789 g/mol. The summed E-state index contributed by atoms with van der Waals surface area (Å²) < 4.78 is 12.4. The molecule has 0 bridgehead atoms. The van der Waals surface area contributed by atoms with Crippen molar-refractivity contribution in [3.05, 3.63) is 126 Å². The number of nitrogens with zero attached hydrogens (tertiary/aromatic N) is 2. The summed E-state index contributed by atoms with van der Waals surface area (Å²) in [6, 6.07) is 22.3. The molecule has 4 rings (SSSR count). The topological polar surface area (TPSA) is 136 Å². The third-order valence-corrected chi connectivity index (χ3v) is 7.36. The van der Waals surface area contributed by atoms with Crippen LogP contribution in [0.2, 0.25) is 10.0 Å². The Bertz CT molecular complexity index is 1680. The Morgan fingerprint density at radius 2 is 0.978 bits per heavy atom. The molecular formula is C32H22Br2Cl2N4O6. The van der Waals surface area contributed by atoms with Gasteiger partial charge in [0.15, 0.2) is 0 Å². The first-order chi connectivity index (χ1) is 22.1. The molecule has 0 aliphatic heterocycles. The molecule has 2 N–H and O–H groups in total. The van der Waals surface area contributed by atoms with Gasteiger partial charge in [-0.2, -0.15) is 10.2 Å². The third-order valence-electron chi connectivity index (χ3n) is 5.87. The van der Waals surface area contributed by atoms with Gasteiger partial charge in [-0.1, -0.05) is 55.1 Å². The first-order valence-electron chi connectivity index (χ1n) is 13.3. The first-order valence-corrected chi connectivity index (χ1v) is 15.6. The summed E-state index contributed by atoms with van der Waals surface area (Å²) in [4.78, 5) is 49.6. The van der Waals surface area contributed by atoms with E-state index in [9.17, 15) is 19.2 Å². The second-order valence-corrected chi connectivity index (χ2v) is 11.9. The second-order valence-electron chi connectivity index (χ2n) is 9.24. The van der Waals surface area contributed by atoms with Gasteiger partial charge in [-0.3, -0.25) is 9.59 Å². The normalized spacial score (nSPS) is 11.0. The van der Waals surface area contributed by atoms with E-state index in [4.69, 9.17) is 32.7 Å². The number of halogens is 4. The van der Waals surface area contributed by atoms with Gasteiger partial charge in [0.2, 0.25) is 11.8 Å². The number of carbonyl (C=O) groups is 4. The van der Waals surface area contributed by atoms with E-state index in [-0.39, 0.29) is 24.3 Å². The number of amides is 2. The van der Waals surface area contributed by atoms with E-state index in [0.29, 0.717) is 41.2 Å². The van der Waals surface area contributed by atoms with Gasteiger partial charge in [-0.15, -0.1) is 0 Å². The lowest BCUT2D eigenvalue weighted by molar-refractivity contribution is -0.126. The van der Waals surface area contributed by atoms with Crippen molar-refractivity contribution in [2.45, 2.75) is 12.8 Å². The van der Waals surface area contributed by atoms with E-state index >= 15 is 0 Å². The standard InChI is InChI=1S/C32H22Br2Cl2N4O6/c33-23-5-11-27(45-31(43)19-1-7-25(35)8-2-19)21(15-23)17-37-39-29(41)13-14-30(42)40-38-18-22-16-24(34)6-12-28(22)46-32(44)20-3-9-26(36)10-4-20/h1-12,15-18H,13-14H2,(H,39,41)(H,40,42)/b37-17+,38-18?. The summed E-state index contributed by atoms with van der Waals surface area (Å²) in [5.41, 5.74) is 6.11. The Kier molecular flexibility index (Phi) is 12.6. The molecule has 0 fully saturated rings. The predicted octanol–water partition coefficient (Wildman–Crippen LogP) is 7.34. The van der Waals surface area contributed by atoms with Crippen LogP contribution < -0.4 is 20.3 Å². The largest absolute Gasteiger partial charge is 0.422 e. The number of ether oxygens (including phenoxy) is 2. The number of nitrogens with one attached hydrogen (secondary N) is 2. The van der Waals surface area contributed by atoms with Crippen LogP contribution in [0.1, 0.15) is 44.7 Å². The van der Waals surface area contributed by atoms with Crippen LogP contribution in [0.4, 0.5) is 0 Å². The molecule has 4 aromatic carbocycles. The van der Waals surface area contributed by atoms with Gasteiger partial charge in [-0.05, 0) is 84.9 Å². The maximum atomic E-state index is 12.5. The molecule has 0 aromatic heterocycles. The minimum absolute atomic E-state index is 0.184. The molecular weight excluding hydrogens is 767 g/mol.